The van der Waals surface area contributed by atoms with Gasteiger partial charge in [-0.2, -0.15) is 0 Å². The molecule has 0 fully saturated rings. The summed E-state index contributed by atoms with van der Waals surface area (Å²) in [5, 5.41) is 10.9. The maximum Gasteiger partial charge on any atom is 0.167 e. The Morgan fingerprint density at radius 1 is 0.147 bits per heavy atom. The lowest BCUT2D eigenvalue weighted by atomic mass is 9.96. The van der Waals surface area contributed by atoms with Gasteiger partial charge in [-0.05, 0) is 64.6 Å². The van der Waals surface area contributed by atoms with E-state index in [9.17, 15) is 0 Å². The highest BCUT2D eigenvalue weighted by atomic mass is 16.6. The summed E-state index contributed by atoms with van der Waals surface area (Å²) in [5.74, 6) is 6.25. The summed E-state index contributed by atoms with van der Waals surface area (Å²) in [6, 6.07) is 48.7. The van der Waals surface area contributed by atoms with E-state index < -0.39 is 0 Å². The lowest BCUT2D eigenvalue weighted by Gasteiger charge is -2.24. The van der Waals surface area contributed by atoms with Gasteiger partial charge in [0, 0.05) is 66.8 Å². The van der Waals surface area contributed by atoms with Gasteiger partial charge in [-0.15, -0.1) is 0 Å². The van der Waals surface area contributed by atoms with E-state index in [2.05, 4.69) is 72.8 Å². The summed E-state index contributed by atoms with van der Waals surface area (Å²) in [7, 11) is 19.6. The third kappa shape index (κ3) is 12.7. The Hall–Kier alpha value is -10.4. The van der Waals surface area contributed by atoms with E-state index in [-0.39, 0.29) is 79.3 Å². The van der Waals surface area contributed by atoms with Crippen molar-refractivity contribution in [1.29, 1.82) is 0 Å². The Bertz CT molecular complexity index is 3960. The number of methoxy groups -OCH3 is 12. The largest absolute Gasteiger partial charge is 0.492 e. The molecular formula is C84H84O18. The van der Waals surface area contributed by atoms with E-state index in [1.54, 1.807) is 85.3 Å². The van der Waals surface area contributed by atoms with Crippen LogP contribution in [0, 0.1) is 0 Å². The molecule has 0 N–H and O–H groups in total. The summed E-state index contributed by atoms with van der Waals surface area (Å²) in [5.41, 5.74) is 9.53. The molecular weight excluding hydrogens is 1300 g/mol. The molecule has 18 nitrogen and oxygen atoms in total. The molecule has 2 aliphatic heterocycles. The predicted molar refractivity (Wildman–Crippen MR) is 393 cm³/mol. The van der Waals surface area contributed by atoms with Crippen LogP contribution in [0.4, 0.5) is 0 Å². The average molecular weight is 1380 g/mol. The Morgan fingerprint density at radius 2 is 0.225 bits per heavy atom. The lowest BCUT2D eigenvalue weighted by Crippen LogP contribution is -2.09. The second kappa shape index (κ2) is 31.6. The second-order valence-corrected chi connectivity index (χ2v) is 24.4. The fourth-order valence-electron chi connectivity index (χ4n) is 15.0. The van der Waals surface area contributed by atoms with E-state index in [0.29, 0.717) is 69.0 Å². The van der Waals surface area contributed by atoms with Crippen molar-refractivity contribution < 1.29 is 85.3 Å². The van der Waals surface area contributed by atoms with Gasteiger partial charge in [0.1, 0.15) is 0 Å². The Balaban J connectivity index is 0.909. The zero-order valence-electron chi connectivity index (χ0n) is 59.7. The van der Waals surface area contributed by atoms with Gasteiger partial charge in [-0.1, -0.05) is 146 Å². The maximum absolute atomic E-state index is 6.81. The van der Waals surface area contributed by atoms with Crippen LogP contribution in [0.25, 0.3) is 64.6 Å². The highest BCUT2D eigenvalue weighted by Gasteiger charge is 2.30. The van der Waals surface area contributed by atoms with Crippen molar-refractivity contribution in [3.05, 3.63) is 212 Å². The average Bonchev–Trinajstić information content (AvgIpc) is 0.755. The zero-order valence-corrected chi connectivity index (χ0v) is 59.7. The van der Waals surface area contributed by atoms with Crippen LogP contribution in [-0.4, -0.2) is 85.3 Å². The molecule has 0 spiro atoms. The molecule has 12 aromatic carbocycles. The first-order valence-corrected chi connectivity index (χ1v) is 33.5. The van der Waals surface area contributed by atoms with E-state index in [1.165, 1.54) is 0 Å². The quantitative estimate of drug-likeness (QED) is 0.113. The van der Waals surface area contributed by atoms with Gasteiger partial charge in [0.15, 0.2) is 69.0 Å². The van der Waals surface area contributed by atoms with Crippen LogP contribution in [0.15, 0.2) is 146 Å². The molecule has 0 amide bonds. The van der Waals surface area contributed by atoms with Crippen LogP contribution in [0.5, 0.6) is 69.0 Å². The van der Waals surface area contributed by atoms with Crippen molar-refractivity contribution in [2.75, 3.05) is 85.3 Å². The fourth-order valence-corrected chi connectivity index (χ4v) is 15.0. The molecule has 0 saturated heterocycles. The van der Waals surface area contributed by atoms with Crippen molar-refractivity contribution in [3.63, 3.8) is 0 Å². The number of benzene rings is 12. The lowest BCUT2D eigenvalue weighted by molar-refractivity contribution is 0.0992. The number of hydrogen-bond acceptors (Lipinski definition) is 18. The van der Waals surface area contributed by atoms with Crippen molar-refractivity contribution in [3.8, 4) is 69.0 Å². The van der Waals surface area contributed by atoms with E-state index >= 15 is 0 Å². The van der Waals surface area contributed by atoms with Crippen molar-refractivity contribution in [2.45, 2.75) is 79.3 Å². The fraction of sp³-hybridized carbons (Fsp3) is 0.286. The highest BCUT2D eigenvalue weighted by Crippen LogP contribution is 2.51. The van der Waals surface area contributed by atoms with Gasteiger partial charge in [-0.3, -0.25) is 0 Å². The van der Waals surface area contributed by atoms with Crippen LogP contribution < -0.4 is 56.8 Å². The van der Waals surface area contributed by atoms with Crippen LogP contribution in [-0.2, 0) is 108 Å². The molecule has 0 aliphatic carbocycles. The molecule has 0 aromatic heterocycles. The molecule has 102 heavy (non-hydrogen) atoms. The smallest absolute Gasteiger partial charge is 0.167 e. The standard InChI is InChI=1S/C84H84O18/c1-85-73-61-37-97-39-63-51-27-15-16-28-52(51)65(77(89-5)75(63)87-3)41-99-43-67-55-31-19-20-32-56(55)69(81(93-9)79(67)91-7)45-101-47-71-59-35-23-24-36-60(59)72(84(96-12)83(71)95-11)48-102-46-70-58-34-22-21-33-57(58)68(80(92-8)82(70)94-10)44-100-42-66-54-30-18-17-29-53(54)64(76(88-4)78(66)90-6)40-98-38-62(74(73)86-2)50-26-14-13-25-49(50)61/h13-36H,37-48H2,1-12H3. The molecule has 14 rings (SSSR count). The third-order valence-corrected chi connectivity index (χ3v) is 19.4. The number of rotatable bonds is 12. The van der Waals surface area contributed by atoms with Crippen LogP contribution in [0.3, 0.4) is 0 Å². The molecule has 0 unspecified atom stereocenters. The first-order chi connectivity index (χ1) is 50.2. The molecule has 2 aliphatic rings. The van der Waals surface area contributed by atoms with Gasteiger partial charge in [0.05, 0.1) is 165 Å². The Kier molecular flexibility index (Phi) is 21.7. The molecule has 2 heterocycles. The van der Waals surface area contributed by atoms with Crippen molar-refractivity contribution >= 4 is 64.6 Å². The molecule has 12 bridgehead atoms. The Morgan fingerprint density at radius 3 is 0.294 bits per heavy atom. The van der Waals surface area contributed by atoms with Crippen LogP contribution in [0.2, 0.25) is 0 Å². The summed E-state index contributed by atoms with van der Waals surface area (Å²) in [6.07, 6.45) is 0. The van der Waals surface area contributed by atoms with Crippen LogP contribution >= 0.6 is 0 Å². The molecule has 0 radical (unpaired) electrons. The normalized spacial score (nSPS) is 13.8. The van der Waals surface area contributed by atoms with E-state index in [4.69, 9.17) is 85.3 Å². The first kappa shape index (κ1) is 70.0. The number of hydrogen-bond donors (Lipinski definition) is 0. The van der Waals surface area contributed by atoms with Crippen molar-refractivity contribution in [2.24, 2.45) is 0 Å². The SMILES string of the molecule is COc1c(OC)c2c3ccccc3c1COCc1c(OC)c(OC)c(c3ccccc13)COCc1c(OC)c(OC)c(c3ccccc13)COCc1c(OC)c(OC)c(c3ccccc13)COCc1c(OC)c(OC)c(c3ccccc13)COCc1c(OC)c(OC)c(c3ccccc13)COC2. The number of fused-ring (bicyclic) bond motifs is 18. The molecule has 18 heteroatoms. The summed E-state index contributed by atoms with van der Waals surface area (Å²) in [4.78, 5) is 0. The monoisotopic (exact) mass is 1380 g/mol. The predicted octanol–water partition coefficient (Wildman–Crippen LogP) is 17.3. The van der Waals surface area contributed by atoms with E-state index in [0.717, 1.165) is 131 Å². The second-order valence-electron chi connectivity index (χ2n) is 24.4. The van der Waals surface area contributed by atoms with Crippen LogP contribution in [0.1, 0.15) is 66.8 Å². The van der Waals surface area contributed by atoms with Gasteiger partial charge >= 0.3 is 0 Å². The van der Waals surface area contributed by atoms with Gasteiger partial charge in [0.2, 0.25) is 0 Å². The Labute approximate surface area is 593 Å². The minimum atomic E-state index is 0.143. The summed E-state index contributed by atoms with van der Waals surface area (Å²) >= 11 is 0. The van der Waals surface area contributed by atoms with Gasteiger partial charge < -0.3 is 85.3 Å². The molecule has 12 aromatic rings. The minimum absolute atomic E-state index is 0.143. The minimum Gasteiger partial charge on any atom is -0.492 e. The van der Waals surface area contributed by atoms with E-state index in [1.807, 2.05) is 72.8 Å². The molecule has 528 valence electrons. The van der Waals surface area contributed by atoms with Gasteiger partial charge in [0.25, 0.3) is 0 Å². The van der Waals surface area contributed by atoms with Gasteiger partial charge in [-0.25, -0.2) is 0 Å². The maximum atomic E-state index is 6.81. The van der Waals surface area contributed by atoms with Crippen molar-refractivity contribution in [1.82, 2.24) is 0 Å². The summed E-state index contributed by atoms with van der Waals surface area (Å²) < 4.78 is 116. The highest BCUT2D eigenvalue weighted by molar-refractivity contribution is 5.98. The first-order valence-electron chi connectivity index (χ1n) is 33.5. The molecule has 0 saturated carbocycles. The molecule has 0 atom stereocenters. The zero-order chi connectivity index (χ0) is 71.0. The third-order valence-electron chi connectivity index (χ3n) is 19.4. The summed E-state index contributed by atoms with van der Waals surface area (Å²) in [6.45, 7) is 1.71. The topological polar surface area (TPSA) is 166 Å². The number of ether oxygens (including phenoxy) is 18.